The third-order valence-corrected chi connectivity index (χ3v) is 3.59. The summed E-state index contributed by atoms with van der Waals surface area (Å²) >= 11 is 0. The van der Waals surface area contributed by atoms with E-state index >= 15 is 0 Å². The molecule has 0 amide bonds. The van der Waals surface area contributed by atoms with Gasteiger partial charge >= 0.3 is 5.97 Å². The second-order valence-corrected chi connectivity index (χ2v) is 5.33. The molecule has 3 aromatic rings. The van der Waals surface area contributed by atoms with E-state index in [-0.39, 0.29) is 11.1 Å². The Morgan fingerprint density at radius 3 is 2.71 bits per heavy atom. The third kappa shape index (κ3) is 3.20. The number of nitrogens with zero attached hydrogens (tertiary/aromatic N) is 1. The predicted molar refractivity (Wildman–Crippen MR) is 90.0 cm³/mol. The van der Waals surface area contributed by atoms with Crippen LogP contribution in [0.25, 0.3) is 22.5 Å². The number of rotatable bonds is 5. The topological polar surface area (TPSA) is 55.0 Å². The molecule has 24 heavy (non-hydrogen) atoms. The van der Waals surface area contributed by atoms with Gasteiger partial charge in [0.25, 0.3) is 0 Å². The van der Waals surface area contributed by atoms with Crippen molar-refractivity contribution in [2.45, 2.75) is 13.3 Å². The zero-order valence-corrected chi connectivity index (χ0v) is 13.3. The summed E-state index contributed by atoms with van der Waals surface area (Å²) < 4.78 is 19.5. The number of esters is 1. The molecule has 0 fully saturated rings. The number of nitrogens with one attached hydrogen (secondary N) is 1. The van der Waals surface area contributed by atoms with E-state index in [0.29, 0.717) is 24.4 Å². The molecule has 5 heteroatoms. The van der Waals surface area contributed by atoms with Crippen LogP contribution in [0.2, 0.25) is 0 Å². The van der Waals surface area contributed by atoms with Crippen molar-refractivity contribution in [1.82, 2.24) is 10.2 Å². The molecule has 1 aromatic heterocycles. The fraction of sp³-hybridized carbons (Fsp3) is 0.158. The van der Waals surface area contributed by atoms with Gasteiger partial charge in [-0.1, -0.05) is 43.3 Å². The first-order chi connectivity index (χ1) is 11.7. The number of hydrogen-bond acceptors (Lipinski definition) is 3. The summed E-state index contributed by atoms with van der Waals surface area (Å²) in [4.78, 5) is 12.2. The zero-order chi connectivity index (χ0) is 16.9. The van der Waals surface area contributed by atoms with E-state index in [0.717, 1.165) is 5.56 Å². The molecule has 1 N–H and O–H groups in total. The molecule has 0 aliphatic heterocycles. The van der Waals surface area contributed by atoms with Gasteiger partial charge in [-0.25, -0.2) is 9.18 Å². The van der Waals surface area contributed by atoms with Crippen molar-refractivity contribution < 1.29 is 13.9 Å². The van der Waals surface area contributed by atoms with E-state index in [9.17, 15) is 9.18 Å². The number of aromatic nitrogens is 2. The number of aromatic amines is 1. The van der Waals surface area contributed by atoms with Crippen molar-refractivity contribution in [2.75, 3.05) is 6.61 Å². The molecule has 4 nitrogen and oxygen atoms in total. The first-order valence-corrected chi connectivity index (χ1v) is 7.77. The summed E-state index contributed by atoms with van der Waals surface area (Å²) in [5.74, 6) is -1.04. The van der Waals surface area contributed by atoms with Gasteiger partial charge in [-0.2, -0.15) is 5.10 Å². The van der Waals surface area contributed by atoms with Crippen LogP contribution in [-0.4, -0.2) is 22.8 Å². The molecule has 122 valence electrons. The number of halogens is 1. The van der Waals surface area contributed by atoms with Crippen LogP contribution >= 0.6 is 0 Å². The predicted octanol–water partition coefficient (Wildman–Crippen LogP) is 4.45. The molecule has 0 radical (unpaired) electrons. The lowest BCUT2D eigenvalue weighted by atomic mass is 10.0. The highest BCUT2D eigenvalue weighted by Gasteiger charge is 2.19. The first kappa shape index (κ1) is 15.9. The van der Waals surface area contributed by atoms with Crippen molar-refractivity contribution in [3.05, 3.63) is 66.0 Å². The van der Waals surface area contributed by atoms with E-state index in [4.69, 9.17) is 4.74 Å². The molecule has 0 atom stereocenters. The van der Waals surface area contributed by atoms with Crippen LogP contribution in [0.4, 0.5) is 4.39 Å². The zero-order valence-electron chi connectivity index (χ0n) is 13.3. The van der Waals surface area contributed by atoms with Crippen LogP contribution in [-0.2, 0) is 4.74 Å². The average Bonchev–Trinajstić information content (AvgIpc) is 3.10. The second-order valence-electron chi connectivity index (χ2n) is 5.33. The summed E-state index contributed by atoms with van der Waals surface area (Å²) in [7, 11) is 0. The number of carbonyl (C=O) groups is 1. The van der Waals surface area contributed by atoms with Gasteiger partial charge in [0.05, 0.1) is 23.6 Å². The molecular formula is C19H17FN2O2. The van der Waals surface area contributed by atoms with Gasteiger partial charge in [0, 0.05) is 11.1 Å². The van der Waals surface area contributed by atoms with Crippen LogP contribution in [0, 0.1) is 5.82 Å². The lowest BCUT2D eigenvalue weighted by Gasteiger charge is -2.08. The van der Waals surface area contributed by atoms with Crippen molar-refractivity contribution >= 4 is 5.97 Å². The Balaban J connectivity index is 2.01. The van der Waals surface area contributed by atoms with Gasteiger partial charge in [-0.05, 0) is 24.6 Å². The smallest absolute Gasteiger partial charge is 0.338 e. The van der Waals surface area contributed by atoms with Crippen molar-refractivity contribution in [2.24, 2.45) is 0 Å². The molecule has 0 spiro atoms. The Kier molecular flexibility index (Phi) is 4.70. The van der Waals surface area contributed by atoms with E-state index < -0.39 is 11.8 Å². The normalized spacial score (nSPS) is 10.6. The summed E-state index contributed by atoms with van der Waals surface area (Å²) in [6.07, 6.45) is 0.707. The molecule has 0 unspecified atom stereocenters. The Hall–Kier alpha value is -2.95. The maximum Gasteiger partial charge on any atom is 0.338 e. The standard InChI is InChI=1S/C19H17FN2O2/c1-2-11-24-19(23)14-9-6-10-15(20)18(14)17-12-16(21-22-17)13-7-4-3-5-8-13/h3-10,12H,2,11H2,1H3,(H,21,22). The van der Waals surface area contributed by atoms with Crippen LogP contribution in [0.5, 0.6) is 0 Å². The average molecular weight is 324 g/mol. The molecule has 0 aliphatic carbocycles. The van der Waals surface area contributed by atoms with E-state index in [1.165, 1.54) is 12.1 Å². The minimum Gasteiger partial charge on any atom is -0.462 e. The van der Waals surface area contributed by atoms with Crippen LogP contribution in [0.1, 0.15) is 23.7 Å². The van der Waals surface area contributed by atoms with Crippen molar-refractivity contribution in [3.8, 4) is 22.5 Å². The monoisotopic (exact) mass is 324 g/mol. The lowest BCUT2D eigenvalue weighted by molar-refractivity contribution is 0.0505. The Morgan fingerprint density at radius 2 is 1.96 bits per heavy atom. The minimum atomic E-state index is -0.540. The van der Waals surface area contributed by atoms with E-state index in [2.05, 4.69) is 10.2 Å². The van der Waals surface area contributed by atoms with Gasteiger partial charge < -0.3 is 4.74 Å². The van der Waals surface area contributed by atoms with Crippen LogP contribution < -0.4 is 0 Å². The fourth-order valence-electron chi connectivity index (χ4n) is 2.45. The third-order valence-electron chi connectivity index (χ3n) is 3.59. The van der Waals surface area contributed by atoms with Crippen LogP contribution in [0.3, 0.4) is 0 Å². The van der Waals surface area contributed by atoms with E-state index in [1.54, 1.807) is 12.1 Å². The minimum absolute atomic E-state index is 0.174. The highest BCUT2D eigenvalue weighted by Crippen LogP contribution is 2.29. The first-order valence-electron chi connectivity index (χ1n) is 7.77. The van der Waals surface area contributed by atoms with Crippen LogP contribution in [0.15, 0.2) is 54.6 Å². The lowest BCUT2D eigenvalue weighted by Crippen LogP contribution is -2.08. The molecular weight excluding hydrogens is 307 g/mol. The highest BCUT2D eigenvalue weighted by molar-refractivity contribution is 5.97. The fourth-order valence-corrected chi connectivity index (χ4v) is 2.45. The molecule has 0 bridgehead atoms. The van der Waals surface area contributed by atoms with Crippen molar-refractivity contribution in [1.29, 1.82) is 0 Å². The van der Waals surface area contributed by atoms with Gasteiger partial charge in [-0.15, -0.1) is 0 Å². The summed E-state index contributed by atoms with van der Waals surface area (Å²) in [6.45, 7) is 2.20. The van der Waals surface area contributed by atoms with Gasteiger partial charge in [-0.3, -0.25) is 5.10 Å². The molecule has 2 aromatic carbocycles. The summed E-state index contributed by atoms with van der Waals surface area (Å²) in [6, 6.07) is 15.6. The number of ether oxygens (including phenoxy) is 1. The quantitative estimate of drug-likeness (QED) is 0.705. The van der Waals surface area contributed by atoms with Gasteiger partial charge in [0.2, 0.25) is 0 Å². The molecule has 3 rings (SSSR count). The van der Waals surface area contributed by atoms with Gasteiger partial charge in [0.1, 0.15) is 5.82 Å². The second kappa shape index (κ2) is 7.08. The van der Waals surface area contributed by atoms with Gasteiger partial charge in [0.15, 0.2) is 0 Å². The maximum atomic E-state index is 14.4. The summed E-state index contributed by atoms with van der Waals surface area (Å²) in [5, 5.41) is 7.04. The number of H-pyrrole nitrogens is 1. The SMILES string of the molecule is CCCOC(=O)c1cccc(F)c1-c1cc(-c2ccccc2)n[nH]1. The Bertz CT molecular complexity index is 844. The highest BCUT2D eigenvalue weighted by atomic mass is 19.1. The molecule has 0 aliphatic rings. The Labute approximate surface area is 139 Å². The van der Waals surface area contributed by atoms with E-state index in [1.807, 2.05) is 37.3 Å². The number of carbonyl (C=O) groups excluding carboxylic acids is 1. The van der Waals surface area contributed by atoms with Crippen molar-refractivity contribution in [3.63, 3.8) is 0 Å². The number of hydrogen-bond donors (Lipinski definition) is 1. The summed E-state index contributed by atoms with van der Waals surface area (Å²) in [5.41, 5.74) is 2.39. The Morgan fingerprint density at radius 1 is 1.17 bits per heavy atom. The maximum absolute atomic E-state index is 14.4. The molecule has 0 saturated carbocycles. The number of benzene rings is 2. The largest absolute Gasteiger partial charge is 0.462 e. The molecule has 1 heterocycles. The molecule has 0 saturated heterocycles.